The lowest BCUT2D eigenvalue weighted by Crippen LogP contribution is -2.38. The molecule has 2 rings (SSSR count). The monoisotopic (exact) mass is 275 g/mol. The fourth-order valence-electron chi connectivity index (χ4n) is 3.13. The van der Waals surface area contributed by atoms with Crippen molar-refractivity contribution < 1.29 is 4.74 Å². The average Bonchev–Trinajstić information content (AvgIpc) is 2.45. The Balaban J connectivity index is 2.05. The highest BCUT2D eigenvalue weighted by atomic mass is 16.5. The highest BCUT2D eigenvalue weighted by molar-refractivity contribution is 5.31. The van der Waals surface area contributed by atoms with Gasteiger partial charge in [0.25, 0.3) is 0 Å². The van der Waals surface area contributed by atoms with Gasteiger partial charge >= 0.3 is 0 Å². The summed E-state index contributed by atoms with van der Waals surface area (Å²) < 4.78 is 6.11. The molecule has 1 N–H and O–H groups in total. The molecule has 1 aromatic rings. The summed E-state index contributed by atoms with van der Waals surface area (Å²) >= 11 is 0. The van der Waals surface area contributed by atoms with E-state index in [9.17, 15) is 0 Å². The Morgan fingerprint density at radius 1 is 1.25 bits per heavy atom. The molecule has 0 bridgehead atoms. The third-order valence-electron chi connectivity index (χ3n) is 4.16. The van der Waals surface area contributed by atoms with Crippen LogP contribution < -0.4 is 5.32 Å². The minimum Gasteiger partial charge on any atom is -0.372 e. The van der Waals surface area contributed by atoms with Crippen molar-refractivity contribution >= 4 is 0 Å². The molecule has 0 radical (unpaired) electrons. The molecule has 0 saturated carbocycles. The molecule has 0 saturated heterocycles. The third kappa shape index (κ3) is 4.07. The number of fused-ring (bicyclic) bond motifs is 1. The van der Waals surface area contributed by atoms with E-state index in [4.69, 9.17) is 4.74 Å². The van der Waals surface area contributed by atoms with Gasteiger partial charge in [-0.2, -0.15) is 0 Å². The van der Waals surface area contributed by atoms with Crippen LogP contribution in [0.3, 0.4) is 0 Å². The topological polar surface area (TPSA) is 21.3 Å². The fourth-order valence-corrected chi connectivity index (χ4v) is 3.13. The standard InChI is InChI=1S/C18H29NO/c1-4-19-17(11-7-8-14(2)3)18-16-10-6-5-9-15(16)12-13-20-18/h5-6,9-10,14,17-19H,4,7-8,11-13H2,1-3H3. The zero-order chi connectivity index (χ0) is 14.4. The molecule has 0 aliphatic carbocycles. The number of hydrogen-bond donors (Lipinski definition) is 1. The second kappa shape index (κ2) is 7.80. The summed E-state index contributed by atoms with van der Waals surface area (Å²) in [5.41, 5.74) is 2.87. The van der Waals surface area contributed by atoms with Crippen LogP contribution in [0.2, 0.25) is 0 Å². The summed E-state index contributed by atoms with van der Waals surface area (Å²) in [7, 11) is 0. The minimum absolute atomic E-state index is 0.229. The van der Waals surface area contributed by atoms with Crippen molar-refractivity contribution in [2.45, 2.75) is 58.6 Å². The molecule has 2 nitrogen and oxygen atoms in total. The molecule has 0 fully saturated rings. The summed E-state index contributed by atoms with van der Waals surface area (Å²) in [6.45, 7) is 8.65. The lowest BCUT2D eigenvalue weighted by molar-refractivity contribution is 0.0129. The molecular weight excluding hydrogens is 246 g/mol. The molecule has 0 aromatic heterocycles. The highest BCUT2D eigenvalue weighted by Crippen LogP contribution is 2.31. The van der Waals surface area contributed by atoms with Crippen LogP contribution in [-0.2, 0) is 11.2 Å². The highest BCUT2D eigenvalue weighted by Gasteiger charge is 2.27. The maximum absolute atomic E-state index is 6.11. The van der Waals surface area contributed by atoms with Gasteiger partial charge in [-0.05, 0) is 36.4 Å². The smallest absolute Gasteiger partial charge is 0.0980 e. The van der Waals surface area contributed by atoms with Gasteiger partial charge in [0.2, 0.25) is 0 Å². The normalized spacial score (nSPS) is 19.9. The van der Waals surface area contributed by atoms with Crippen LogP contribution in [0.15, 0.2) is 24.3 Å². The van der Waals surface area contributed by atoms with E-state index in [1.165, 1.54) is 30.4 Å². The van der Waals surface area contributed by atoms with Gasteiger partial charge in [0.1, 0.15) is 0 Å². The van der Waals surface area contributed by atoms with E-state index >= 15 is 0 Å². The van der Waals surface area contributed by atoms with Gasteiger partial charge < -0.3 is 10.1 Å². The van der Waals surface area contributed by atoms with Gasteiger partial charge in [-0.15, -0.1) is 0 Å². The van der Waals surface area contributed by atoms with Crippen molar-refractivity contribution in [1.29, 1.82) is 0 Å². The van der Waals surface area contributed by atoms with Crippen LogP contribution in [0.25, 0.3) is 0 Å². The molecule has 1 aliphatic rings. The van der Waals surface area contributed by atoms with Gasteiger partial charge in [0, 0.05) is 6.04 Å². The van der Waals surface area contributed by atoms with Crippen molar-refractivity contribution in [3.8, 4) is 0 Å². The number of hydrogen-bond acceptors (Lipinski definition) is 2. The summed E-state index contributed by atoms with van der Waals surface area (Å²) in [5.74, 6) is 0.789. The molecule has 1 aromatic carbocycles. The number of ether oxygens (including phenoxy) is 1. The number of benzene rings is 1. The zero-order valence-electron chi connectivity index (χ0n) is 13.2. The quantitative estimate of drug-likeness (QED) is 0.808. The molecule has 1 heterocycles. The number of likely N-dealkylation sites (N-methyl/N-ethyl adjacent to an activating group) is 1. The van der Waals surface area contributed by atoms with Gasteiger partial charge in [-0.1, -0.05) is 57.9 Å². The summed E-state index contributed by atoms with van der Waals surface area (Å²) in [4.78, 5) is 0. The average molecular weight is 275 g/mol. The fraction of sp³-hybridized carbons (Fsp3) is 0.667. The van der Waals surface area contributed by atoms with E-state index in [1.54, 1.807) is 0 Å². The lowest BCUT2D eigenvalue weighted by atomic mass is 9.90. The van der Waals surface area contributed by atoms with Crippen molar-refractivity contribution in [3.05, 3.63) is 35.4 Å². The molecule has 0 spiro atoms. The van der Waals surface area contributed by atoms with Gasteiger partial charge in [-0.25, -0.2) is 0 Å². The Bertz CT molecular complexity index is 402. The first-order valence-corrected chi connectivity index (χ1v) is 8.15. The van der Waals surface area contributed by atoms with E-state index in [0.717, 1.165) is 25.5 Å². The van der Waals surface area contributed by atoms with E-state index in [2.05, 4.69) is 50.4 Å². The van der Waals surface area contributed by atoms with E-state index in [1.807, 2.05) is 0 Å². The van der Waals surface area contributed by atoms with E-state index < -0.39 is 0 Å². The van der Waals surface area contributed by atoms with Crippen LogP contribution in [0.4, 0.5) is 0 Å². The molecule has 2 heteroatoms. The number of rotatable bonds is 7. The summed E-state index contributed by atoms with van der Waals surface area (Å²) in [6.07, 6.45) is 5.06. The second-order valence-corrected chi connectivity index (χ2v) is 6.23. The first-order chi connectivity index (χ1) is 9.72. The van der Waals surface area contributed by atoms with Crippen molar-refractivity contribution in [2.75, 3.05) is 13.2 Å². The van der Waals surface area contributed by atoms with Crippen LogP contribution in [-0.4, -0.2) is 19.2 Å². The van der Waals surface area contributed by atoms with Crippen LogP contribution in [0, 0.1) is 5.92 Å². The van der Waals surface area contributed by atoms with Gasteiger partial charge in [0.05, 0.1) is 12.7 Å². The maximum atomic E-state index is 6.11. The van der Waals surface area contributed by atoms with E-state index in [0.29, 0.717) is 6.04 Å². The molecule has 1 aliphatic heterocycles. The zero-order valence-corrected chi connectivity index (χ0v) is 13.2. The van der Waals surface area contributed by atoms with Gasteiger partial charge in [-0.3, -0.25) is 0 Å². The number of nitrogens with one attached hydrogen (secondary N) is 1. The van der Waals surface area contributed by atoms with Crippen molar-refractivity contribution in [1.82, 2.24) is 5.32 Å². The molecule has 0 amide bonds. The summed E-state index contributed by atoms with van der Waals surface area (Å²) in [5, 5.41) is 3.64. The molecule has 112 valence electrons. The summed E-state index contributed by atoms with van der Waals surface area (Å²) in [6, 6.07) is 9.22. The van der Waals surface area contributed by atoms with Crippen LogP contribution >= 0.6 is 0 Å². The molecule has 2 atom stereocenters. The van der Waals surface area contributed by atoms with Crippen LogP contribution in [0.1, 0.15) is 57.3 Å². The van der Waals surface area contributed by atoms with Crippen molar-refractivity contribution in [2.24, 2.45) is 5.92 Å². The first kappa shape index (κ1) is 15.5. The molecular formula is C18H29NO. The molecule has 20 heavy (non-hydrogen) atoms. The van der Waals surface area contributed by atoms with E-state index in [-0.39, 0.29) is 6.10 Å². The third-order valence-corrected chi connectivity index (χ3v) is 4.16. The largest absolute Gasteiger partial charge is 0.372 e. The SMILES string of the molecule is CCNC(CCCC(C)C)C1OCCc2ccccc21. The van der Waals surface area contributed by atoms with Crippen LogP contribution in [0.5, 0.6) is 0 Å². The second-order valence-electron chi connectivity index (χ2n) is 6.23. The predicted octanol–water partition coefficient (Wildman–Crippen LogP) is 4.10. The molecule has 2 unspecified atom stereocenters. The Morgan fingerprint density at radius 3 is 2.80 bits per heavy atom. The maximum Gasteiger partial charge on any atom is 0.0980 e. The van der Waals surface area contributed by atoms with Gasteiger partial charge in [0.15, 0.2) is 0 Å². The van der Waals surface area contributed by atoms with Crippen molar-refractivity contribution in [3.63, 3.8) is 0 Å². The Morgan fingerprint density at radius 2 is 2.05 bits per heavy atom. The Labute approximate surface area is 123 Å². The first-order valence-electron chi connectivity index (χ1n) is 8.15. The Kier molecular flexibility index (Phi) is 6.06. The Hall–Kier alpha value is -0.860. The predicted molar refractivity (Wildman–Crippen MR) is 85.0 cm³/mol. The minimum atomic E-state index is 0.229. The lowest BCUT2D eigenvalue weighted by Gasteiger charge is -2.33.